The van der Waals surface area contributed by atoms with E-state index in [1.165, 1.54) is 11.4 Å². The molecule has 1 aliphatic rings. The lowest BCUT2D eigenvalue weighted by molar-refractivity contribution is -0.130. The predicted octanol–water partition coefficient (Wildman–Crippen LogP) is 3.41. The van der Waals surface area contributed by atoms with Crippen LogP contribution in [0, 0.1) is 0 Å². The molecular weight excluding hydrogens is 450 g/mol. The Morgan fingerprint density at radius 3 is 2.09 bits per heavy atom. The van der Waals surface area contributed by atoms with Crippen LogP contribution in [0.2, 0.25) is 0 Å². The first-order chi connectivity index (χ1) is 16.4. The summed E-state index contributed by atoms with van der Waals surface area (Å²) in [5, 5.41) is 0. The summed E-state index contributed by atoms with van der Waals surface area (Å²) in [6, 6.07) is 23.4. The molecule has 0 bridgehead atoms. The highest BCUT2D eigenvalue weighted by Gasteiger charge is 2.23. The number of anilines is 2. The Kier molecular flexibility index (Phi) is 7.07. The van der Waals surface area contributed by atoms with Crippen molar-refractivity contribution in [3.63, 3.8) is 0 Å². The highest BCUT2D eigenvalue weighted by molar-refractivity contribution is 7.92. The first-order valence-electron chi connectivity index (χ1n) is 11.2. The third kappa shape index (κ3) is 5.17. The summed E-state index contributed by atoms with van der Waals surface area (Å²) >= 11 is 0. The number of carbonyl (C=O) groups excluding carboxylic acids is 1. The monoisotopic (exact) mass is 479 g/mol. The molecule has 1 aliphatic heterocycles. The molecule has 4 rings (SSSR count). The van der Waals surface area contributed by atoms with E-state index >= 15 is 0 Å². The van der Waals surface area contributed by atoms with Gasteiger partial charge in [-0.1, -0.05) is 30.3 Å². The van der Waals surface area contributed by atoms with E-state index in [0.717, 1.165) is 30.1 Å². The van der Waals surface area contributed by atoms with Gasteiger partial charge >= 0.3 is 0 Å². The summed E-state index contributed by atoms with van der Waals surface area (Å²) in [6.45, 7) is 2.89. The molecule has 3 aromatic carbocycles. The van der Waals surface area contributed by atoms with E-state index < -0.39 is 10.0 Å². The molecule has 0 radical (unpaired) electrons. The molecule has 0 spiro atoms. The van der Waals surface area contributed by atoms with Crippen molar-refractivity contribution in [3.05, 3.63) is 84.4 Å². The molecule has 0 aliphatic carbocycles. The van der Waals surface area contributed by atoms with Gasteiger partial charge in [0.2, 0.25) is 5.91 Å². The standard InChI is InChI=1S/C26H29N3O4S/c1-27(34(31,32)25-6-4-3-5-7-25)22-10-8-21(9-11-22)20-26(30)29-18-16-28(17-19-29)23-12-14-24(33-2)15-13-23/h3-15H,16-20H2,1-2H3. The lowest BCUT2D eigenvalue weighted by Crippen LogP contribution is -2.49. The maximum absolute atomic E-state index is 12.8. The van der Waals surface area contributed by atoms with Gasteiger partial charge in [-0.05, 0) is 54.1 Å². The molecule has 3 aromatic rings. The molecule has 0 saturated carbocycles. The third-order valence-electron chi connectivity index (χ3n) is 6.13. The maximum Gasteiger partial charge on any atom is 0.264 e. The Bertz CT molecular complexity index is 1210. The van der Waals surface area contributed by atoms with Crippen LogP contribution < -0.4 is 13.9 Å². The van der Waals surface area contributed by atoms with Crippen LogP contribution in [0.3, 0.4) is 0 Å². The van der Waals surface area contributed by atoms with Gasteiger partial charge in [0.05, 0.1) is 24.1 Å². The Morgan fingerprint density at radius 1 is 0.882 bits per heavy atom. The quantitative estimate of drug-likeness (QED) is 0.520. The molecular formula is C26H29N3O4S. The molecule has 8 heteroatoms. The molecule has 1 heterocycles. The average Bonchev–Trinajstić information content (AvgIpc) is 2.89. The summed E-state index contributed by atoms with van der Waals surface area (Å²) in [6.07, 6.45) is 0.290. The molecule has 0 N–H and O–H groups in total. The molecule has 0 aromatic heterocycles. The van der Waals surface area contributed by atoms with Gasteiger partial charge in [-0.25, -0.2) is 8.42 Å². The number of benzene rings is 3. The number of sulfonamides is 1. The Balaban J connectivity index is 1.33. The van der Waals surface area contributed by atoms with Crippen LogP contribution in [0.15, 0.2) is 83.8 Å². The van der Waals surface area contributed by atoms with E-state index in [-0.39, 0.29) is 17.2 Å². The van der Waals surface area contributed by atoms with Gasteiger partial charge in [-0.3, -0.25) is 9.10 Å². The van der Waals surface area contributed by atoms with Gasteiger partial charge in [-0.15, -0.1) is 0 Å². The van der Waals surface area contributed by atoms with Crippen LogP contribution in [0.1, 0.15) is 5.56 Å². The van der Waals surface area contributed by atoms with Crippen molar-refractivity contribution < 1.29 is 17.9 Å². The first-order valence-corrected chi connectivity index (χ1v) is 12.6. The second-order valence-corrected chi connectivity index (χ2v) is 10.2. The minimum absolute atomic E-state index is 0.0763. The van der Waals surface area contributed by atoms with Crippen LogP contribution in [-0.2, 0) is 21.2 Å². The molecule has 1 fully saturated rings. The number of rotatable bonds is 7. The molecule has 1 amide bonds. The zero-order chi connectivity index (χ0) is 24.1. The minimum atomic E-state index is -3.63. The van der Waals surface area contributed by atoms with E-state index in [4.69, 9.17) is 4.74 Å². The van der Waals surface area contributed by atoms with Gasteiger partial charge in [0.1, 0.15) is 5.75 Å². The number of nitrogens with zero attached hydrogens (tertiary/aromatic N) is 3. The predicted molar refractivity (Wildman–Crippen MR) is 134 cm³/mol. The highest BCUT2D eigenvalue weighted by atomic mass is 32.2. The van der Waals surface area contributed by atoms with Crippen molar-refractivity contribution in [2.24, 2.45) is 0 Å². The number of ether oxygens (including phenoxy) is 1. The van der Waals surface area contributed by atoms with Crippen molar-refractivity contribution in [2.45, 2.75) is 11.3 Å². The number of hydrogen-bond acceptors (Lipinski definition) is 5. The molecule has 178 valence electrons. The van der Waals surface area contributed by atoms with E-state index in [2.05, 4.69) is 4.90 Å². The van der Waals surface area contributed by atoms with Gasteiger partial charge in [0, 0.05) is 38.9 Å². The van der Waals surface area contributed by atoms with Crippen molar-refractivity contribution >= 4 is 27.3 Å². The van der Waals surface area contributed by atoms with Crippen molar-refractivity contribution in [1.82, 2.24) is 4.90 Å². The van der Waals surface area contributed by atoms with Crippen molar-refractivity contribution in [2.75, 3.05) is 49.5 Å². The number of hydrogen-bond donors (Lipinski definition) is 0. The van der Waals surface area contributed by atoms with Crippen LogP contribution in [0.4, 0.5) is 11.4 Å². The summed E-state index contributed by atoms with van der Waals surface area (Å²) in [7, 11) is -0.448. The number of piperazine rings is 1. The number of carbonyl (C=O) groups is 1. The molecule has 1 saturated heterocycles. The second-order valence-electron chi connectivity index (χ2n) is 8.19. The summed E-state index contributed by atoms with van der Waals surface area (Å²) in [4.78, 5) is 17.2. The molecule has 0 atom stereocenters. The Hall–Kier alpha value is -3.52. The fourth-order valence-electron chi connectivity index (χ4n) is 4.01. The maximum atomic E-state index is 12.8. The summed E-state index contributed by atoms with van der Waals surface area (Å²) in [5.41, 5.74) is 2.53. The fraction of sp³-hybridized carbons (Fsp3) is 0.269. The smallest absolute Gasteiger partial charge is 0.264 e. The van der Waals surface area contributed by atoms with Crippen molar-refractivity contribution in [1.29, 1.82) is 0 Å². The first kappa shape index (κ1) is 23.6. The van der Waals surface area contributed by atoms with Crippen LogP contribution in [0.25, 0.3) is 0 Å². The molecule has 34 heavy (non-hydrogen) atoms. The third-order valence-corrected chi connectivity index (χ3v) is 7.93. The normalized spacial score (nSPS) is 14.1. The Labute approximate surface area is 201 Å². The van der Waals surface area contributed by atoms with Crippen LogP contribution >= 0.6 is 0 Å². The zero-order valence-corrected chi connectivity index (χ0v) is 20.2. The van der Waals surface area contributed by atoms with Crippen LogP contribution in [-0.4, -0.2) is 59.6 Å². The van der Waals surface area contributed by atoms with E-state index in [1.807, 2.05) is 41.3 Å². The average molecular weight is 480 g/mol. The van der Waals surface area contributed by atoms with Crippen LogP contribution in [0.5, 0.6) is 5.75 Å². The number of amides is 1. The Morgan fingerprint density at radius 2 is 1.50 bits per heavy atom. The van der Waals surface area contributed by atoms with Gasteiger partial charge in [0.15, 0.2) is 0 Å². The van der Waals surface area contributed by atoms with E-state index in [1.54, 1.807) is 49.6 Å². The van der Waals surface area contributed by atoms with E-state index in [9.17, 15) is 13.2 Å². The number of methoxy groups -OCH3 is 1. The van der Waals surface area contributed by atoms with E-state index in [0.29, 0.717) is 18.8 Å². The molecule has 0 unspecified atom stereocenters. The lowest BCUT2D eigenvalue weighted by Gasteiger charge is -2.36. The topological polar surface area (TPSA) is 70.2 Å². The van der Waals surface area contributed by atoms with Gasteiger partial charge in [0.25, 0.3) is 10.0 Å². The molecule has 7 nitrogen and oxygen atoms in total. The minimum Gasteiger partial charge on any atom is -0.497 e. The lowest BCUT2D eigenvalue weighted by atomic mass is 10.1. The highest BCUT2D eigenvalue weighted by Crippen LogP contribution is 2.23. The van der Waals surface area contributed by atoms with Crippen molar-refractivity contribution in [3.8, 4) is 5.75 Å². The largest absolute Gasteiger partial charge is 0.497 e. The van der Waals surface area contributed by atoms with Gasteiger partial charge in [-0.2, -0.15) is 0 Å². The SMILES string of the molecule is COc1ccc(N2CCN(C(=O)Cc3ccc(N(C)S(=O)(=O)c4ccccc4)cc3)CC2)cc1. The zero-order valence-electron chi connectivity index (χ0n) is 19.4. The summed E-state index contributed by atoms with van der Waals surface area (Å²) < 4.78 is 32.1. The second kappa shape index (κ2) is 10.2. The fourth-order valence-corrected chi connectivity index (χ4v) is 5.22. The summed E-state index contributed by atoms with van der Waals surface area (Å²) in [5.74, 6) is 0.903. The van der Waals surface area contributed by atoms with Gasteiger partial charge < -0.3 is 14.5 Å².